The average molecular weight is 190 g/mol. The van der Waals surface area contributed by atoms with Crippen molar-refractivity contribution in [2.45, 2.75) is 31.9 Å². The molecule has 1 rings (SSSR count). The second-order valence-corrected chi connectivity index (χ2v) is 3.22. The van der Waals surface area contributed by atoms with Gasteiger partial charge in [0.15, 0.2) is 0 Å². The third-order valence-electron chi connectivity index (χ3n) is 1.84. The number of rotatable bonds is 4. The molecule has 1 heterocycles. The van der Waals surface area contributed by atoms with E-state index in [4.69, 9.17) is 5.73 Å². The standard InChI is InChI=1S/C7H12F2N4/c1-7(10,6(8)9)2-3-13-5-11-4-12-13/h4-6H,2-3,10H2,1H3. The average Bonchev–Trinajstić information content (AvgIpc) is 2.52. The van der Waals surface area contributed by atoms with Gasteiger partial charge in [0.1, 0.15) is 12.7 Å². The highest BCUT2D eigenvalue weighted by Gasteiger charge is 2.29. The predicted molar refractivity (Wildman–Crippen MR) is 43.2 cm³/mol. The Hall–Kier alpha value is -1.04. The maximum atomic E-state index is 12.3. The zero-order valence-corrected chi connectivity index (χ0v) is 7.32. The summed E-state index contributed by atoms with van der Waals surface area (Å²) in [7, 11) is 0. The highest BCUT2D eigenvalue weighted by Crippen LogP contribution is 2.16. The van der Waals surface area contributed by atoms with E-state index in [1.165, 1.54) is 24.3 Å². The van der Waals surface area contributed by atoms with Gasteiger partial charge in [-0.3, -0.25) is 4.68 Å². The van der Waals surface area contributed by atoms with Crippen LogP contribution in [-0.4, -0.2) is 26.7 Å². The normalized spacial score (nSPS) is 16.1. The van der Waals surface area contributed by atoms with Gasteiger partial charge in [0.05, 0.1) is 5.54 Å². The van der Waals surface area contributed by atoms with Crippen molar-refractivity contribution < 1.29 is 8.78 Å². The van der Waals surface area contributed by atoms with Crippen LogP contribution < -0.4 is 5.73 Å². The highest BCUT2D eigenvalue weighted by molar-refractivity contribution is 4.81. The summed E-state index contributed by atoms with van der Waals surface area (Å²) >= 11 is 0. The largest absolute Gasteiger partial charge is 0.321 e. The molecule has 1 aromatic heterocycles. The fourth-order valence-electron chi connectivity index (χ4n) is 0.813. The molecule has 0 aliphatic rings. The molecule has 1 unspecified atom stereocenters. The molecule has 6 heteroatoms. The van der Waals surface area contributed by atoms with Gasteiger partial charge in [-0.1, -0.05) is 0 Å². The lowest BCUT2D eigenvalue weighted by Crippen LogP contribution is -2.44. The van der Waals surface area contributed by atoms with Gasteiger partial charge >= 0.3 is 0 Å². The van der Waals surface area contributed by atoms with Gasteiger partial charge in [-0.2, -0.15) is 5.10 Å². The van der Waals surface area contributed by atoms with Crippen molar-refractivity contribution in [3.63, 3.8) is 0 Å². The van der Waals surface area contributed by atoms with Crippen LogP contribution in [-0.2, 0) is 6.54 Å². The molecule has 0 aliphatic heterocycles. The van der Waals surface area contributed by atoms with Crippen LogP contribution in [0.4, 0.5) is 8.78 Å². The van der Waals surface area contributed by atoms with Gasteiger partial charge in [-0.25, -0.2) is 13.8 Å². The summed E-state index contributed by atoms with van der Waals surface area (Å²) in [4.78, 5) is 3.69. The van der Waals surface area contributed by atoms with Gasteiger partial charge in [0, 0.05) is 6.54 Å². The van der Waals surface area contributed by atoms with E-state index in [2.05, 4.69) is 10.1 Å². The molecule has 74 valence electrons. The number of halogens is 2. The fourth-order valence-corrected chi connectivity index (χ4v) is 0.813. The van der Waals surface area contributed by atoms with E-state index in [-0.39, 0.29) is 6.42 Å². The third kappa shape index (κ3) is 2.73. The molecule has 0 saturated carbocycles. The molecule has 0 aliphatic carbocycles. The molecule has 2 N–H and O–H groups in total. The molecular weight excluding hydrogens is 178 g/mol. The molecule has 0 radical (unpaired) electrons. The number of nitrogens with two attached hydrogens (primary N) is 1. The number of nitrogens with zero attached hydrogens (tertiary/aromatic N) is 3. The lowest BCUT2D eigenvalue weighted by atomic mass is 10.0. The van der Waals surface area contributed by atoms with Crippen molar-refractivity contribution >= 4 is 0 Å². The Kier molecular flexibility index (Phi) is 2.92. The fraction of sp³-hybridized carbons (Fsp3) is 0.714. The van der Waals surface area contributed by atoms with E-state index in [1.54, 1.807) is 0 Å². The van der Waals surface area contributed by atoms with E-state index in [0.717, 1.165) is 0 Å². The SMILES string of the molecule is CC(N)(CCn1cncn1)C(F)F. The first kappa shape index (κ1) is 10.0. The molecule has 0 spiro atoms. The summed E-state index contributed by atoms with van der Waals surface area (Å²) in [6.45, 7) is 1.69. The lowest BCUT2D eigenvalue weighted by Gasteiger charge is -2.22. The minimum Gasteiger partial charge on any atom is -0.321 e. The molecule has 4 nitrogen and oxygen atoms in total. The molecule has 1 atom stereocenters. The maximum absolute atomic E-state index is 12.3. The summed E-state index contributed by atoms with van der Waals surface area (Å²) < 4.78 is 26.0. The van der Waals surface area contributed by atoms with Crippen LogP contribution in [0.25, 0.3) is 0 Å². The van der Waals surface area contributed by atoms with Gasteiger partial charge in [0.25, 0.3) is 6.43 Å². The predicted octanol–water partition coefficient (Wildman–Crippen LogP) is 0.651. The number of hydrogen-bond acceptors (Lipinski definition) is 3. The second kappa shape index (κ2) is 3.78. The molecule has 13 heavy (non-hydrogen) atoms. The Balaban J connectivity index is 2.42. The number of aryl methyl sites for hydroxylation is 1. The number of aromatic nitrogens is 3. The van der Waals surface area contributed by atoms with E-state index in [1.807, 2.05) is 0 Å². The molecule has 0 bridgehead atoms. The molecule has 0 amide bonds. The summed E-state index contributed by atoms with van der Waals surface area (Å²) in [5.74, 6) is 0. The Labute approximate surface area is 74.8 Å². The Morgan fingerprint density at radius 3 is 2.77 bits per heavy atom. The summed E-state index contributed by atoms with van der Waals surface area (Å²) in [6.07, 6.45) is 0.488. The van der Waals surface area contributed by atoms with Crippen LogP contribution in [0, 0.1) is 0 Å². The van der Waals surface area contributed by atoms with Gasteiger partial charge < -0.3 is 5.73 Å². The Bertz CT molecular complexity index is 245. The van der Waals surface area contributed by atoms with Crippen LogP contribution >= 0.6 is 0 Å². The monoisotopic (exact) mass is 190 g/mol. The maximum Gasteiger partial charge on any atom is 0.256 e. The molecule has 0 saturated heterocycles. The molecule has 0 fully saturated rings. The van der Waals surface area contributed by atoms with Gasteiger partial charge in [-0.05, 0) is 13.3 Å². The third-order valence-corrected chi connectivity index (χ3v) is 1.84. The summed E-state index contributed by atoms with van der Waals surface area (Å²) in [5.41, 5.74) is 3.91. The topological polar surface area (TPSA) is 56.7 Å². The molecular formula is C7H12F2N4. The Morgan fingerprint density at radius 1 is 1.62 bits per heavy atom. The number of hydrogen-bond donors (Lipinski definition) is 1. The van der Waals surface area contributed by atoms with Crippen molar-refractivity contribution in [3.8, 4) is 0 Å². The smallest absolute Gasteiger partial charge is 0.256 e. The minimum atomic E-state index is -2.52. The van der Waals surface area contributed by atoms with E-state index in [9.17, 15) is 8.78 Å². The van der Waals surface area contributed by atoms with Crippen molar-refractivity contribution in [2.75, 3.05) is 0 Å². The number of alkyl halides is 2. The summed E-state index contributed by atoms with van der Waals surface area (Å²) in [6, 6.07) is 0. The quantitative estimate of drug-likeness (QED) is 0.758. The minimum absolute atomic E-state index is 0.175. The van der Waals surface area contributed by atoms with E-state index < -0.39 is 12.0 Å². The zero-order chi connectivity index (χ0) is 9.90. The van der Waals surface area contributed by atoms with Crippen molar-refractivity contribution in [3.05, 3.63) is 12.7 Å². The first-order chi connectivity index (χ1) is 6.02. The Morgan fingerprint density at radius 2 is 2.31 bits per heavy atom. The van der Waals surface area contributed by atoms with Gasteiger partial charge in [0.2, 0.25) is 0 Å². The van der Waals surface area contributed by atoms with Crippen LogP contribution in [0.2, 0.25) is 0 Å². The summed E-state index contributed by atoms with van der Waals surface area (Å²) in [5, 5.41) is 3.78. The first-order valence-corrected chi connectivity index (χ1v) is 3.92. The zero-order valence-electron chi connectivity index (χ0n) is 7.32. The van der Waals surface area contributed by atoms with Crippen LogP contribution in [0.5, 0.6) is 0 Å². The van der Waals surface area contributed by atoms with Crippen molar-refractivity contribution in [2.24, 2.45) is 5.73 Å². The van der Waals surface area contributed by atoms with Crippen LogP contribution in [0.1, 0.15) is 13.3 Å². The van der Waals surface area contributed by atoms with Crippen LogP contribution in [0.15, 0.2) is 12.7 Å². The van der Waals surface area contributed by atoms with E-state index >= 15 is 0 Å². The molecule has 0 aromatic carbocycles. The second-order valence-electron chi connectivity index (χ2n) is 3.22. The van der Waals surface area contributed by atoms with Crippen molar-refractivity contribution in [1.82, 2.24) is 14.8 Å². The molecule has 1 aromatic rings. The van der Waals surface area contributed by atoms with Crippen LogP contribution in [0.3, 0.4) is 0 Å². The highest BCUT2D eigenvalue weighted by atomic mass is 19.3. The first-order valence-electron chi connectivity index (χ1n) is 3.92. The van der Waals surface area contributed by atoms with Gasteiger partial charge in [-0.15, -0.1) is 0 Å². The van der Waals surface area contributed by atoms with Crippen molar-refractivity contribution in [1.29, 1.82) is 0 Å². The lowest BCUT2D eigenvalue weighted by molar-refractivity contribution is 0.0559. The van der Waals surface area contributed by atoms with E-state index in [0.29, 0.717) is 6.54 Å².